The lowest BCUT2D eigenvalue weighted by atomic mass is 10.1. The van der Waals surface area contributed by atoms with Gasteiger partial charge in [0.1, 0.15) is 0 Å². The van der Waals surface area contributed by atoms with Crippen molar-refractivity contribution in [2.75, 3.05) is 25.1 Å². The van der Waals surface area contributed by atoms with E-state index in [4.69, 9.17) is 4.74 Å². The quantitative estimate of drug-likeness (QED) is 0.715. The Hall–Kier alpha value is -1.59. The number of aliphatic hydroxyl groups is 1. The average Bonchev–Trinajstić information content (AvgIpc) is 3.25. The molecule has 0 unspecified atom stereocenters. The van der Waals surface area contributed by atoms with Crippen LogP contribution in [-0.4, -0.2) is 30.9 Å². The first-order chi connectivity index (χ1) is 9.67. The molecule has 1 aliphatic rings. The van der Waals surface area contributed by atoms with Crippen LogP contribution in [0.15, 0.2) is 24.3 Å². The number of urea groups is 1. The zero-order chi connectivity index (χ0) is 14.4. The SMILES string of the molecule is CCOCc1ccc(NC(=O)NCC2(CO)CC2)cc1. The summed E-state index contributed by atoms with van der Waals surface area (Å²) in [4.78, 5) is 11.7. The van der Waals surface area contributed by atoms with Crippen molar-refractivity contribution in [3.63, 3.8) is 0 Å². The summed E-state index contributed by atoms with van der Waals surface area (Å²) in [7, 11) is 0. The monoisotopic (exact) mass is 278 g/mol. The highest BCUT2D eigenvalue weighted by Gasteiger charge is 2.42. The van der Waals surface area contributed by atoms with Crippen molar-refractivity contribution in [3.8, 4) is 0 Å². The van der Waals surface area contributed by atoms with Crippen molar-refractivity contribution in [2.45, 2.75) is 26.4 Å². The average molecular weight is 278 g/mol. The molecule has 2 amide bonds. The molecule has 1 fully saturated rings. The van der Waals surface area contributed by atoms with Gasteiger partial charge in [0.15, 0.2) is 0 Å². The maximum atomic E-state index is 11.7. The summed E-state index contributed by atoms with van der Waals surface area (Å²) < 4.78 is 5.31. The Kier molecular flexibility index (Phi) is 4.98. The Bertz CT molecular complexity index is 441. The number of hydrogen-bond acceptors (Lipinski definition) is 3. The van der Waals surface area contributed by atoms with E-state index in [1.807, 2.05) is 31.2 Å². The normalized spacial score (nSPS) is 15.7. The zero-order valence-electron chi connectivity index (χ0n) is 11.8. The van der Waals surface area contributed by atoms with Gasteiger partial charge < -0.3 is 20.5 Å². The van der Waals surface area contributed by atoms with Gasteiger partial charge in [0.2, 0.25) is 0 Å². The van der Waals surface area contributed by atoms with Gasteiger partial charge in [-0.2, -0.15) is 0 Å². The van der Waals surface area contributed by atoms with E-state index in [1.165, 1.54) is 0 Å². The largest absolute Gasteiger partial charge is 0.396 e. The summed E-state index contributed by atoms with van der Waals surface area (Å²) in [5.74, 6) is 0. The molecule has 5 nitrogen and oxygen atoms in total. The first-order valence-electron chi connectivity index (χ1n) is 7.00. The van der Waals surface area contributed by atoms with Gasteiger partial charge in [0, 0.05) is 24.3 Å². The molecule has 0 radical (unpaired) electrons. The van der Waals surface area contributed by atoms with Crippen molar-refractivity contribution >= 4 is 11.7 Å². The van der Waals surface area contributed by atoms with Crippen molar-refractivity contribution in [2.24, 2.45) is 5.41 Å². The van der Waals surface area contributed by atoms with Crippen molar-refractivity contribution in [1.82, 2.24) is 5.32 Å². The van der Waals surface area contributed by atoms with Gasteiger partial charge in [0.25, 0.3) is 0 Å². The molecule has 110 valence electrons. The molecule has 1 aromatic carbocycles. The van der Waals surface area contributed by atoms with Gasteiger partial charge in [-0.15, -0.1) is 0 Å². The van der Waals surface area contributed by atoms with Crippen LogP contribution in [0.4, 0.5) is 10.5 Å². The van der Waals surface area contributed by atoms with Crippen LogP contribution in [0, 0.1) is 5.41 Å². The summed E-state index contributed by atoms with van der Waals surface area (Å²) >= 11 is 0. The smallest absolute Gasteiger partial charge is 0.319 e. The molecular formula is C15H22N2O3. The number of rotatable bonds is 7. The van der Waals surface area contributed by atoms with E-state index in [2.05, 4.69) is 10.6 Å². The molecule has 0 aliphatic heterocycles. The number of benzene rings is 1. The van der Waals surface area contributed by atoms with Crippen LogP contribution in [0.5, 0.6) is 0 Å². The second kappa shape index (κ2) is 6.72. The van der Waals surface area contributed by atoms with E-state index >= 15 is 0 Å². The summed E-state index contributed by atoms with van der Waals surface area (Å²) in [6.07, 6.45) is 1.96. The van der Waals surface area contributed by atoms with Crippen molar-refractivity contribution in [1.29, 1.82) is 0 Å². The molecule has 5 heteroatoms. The molecule has 3 N–H and O–H groups in total. The number of carbonyl (C=O) groups excluding carboxylic acids is 1. The Labute approximate surface area is 119 Å². The molecule has 1 aliphatic carbocycles. The third-order valence-electron chi connectivity index (χ3n) is 3.60. The van der Waals surface area contributed by atoms with Gasteiger partial charge in [-0.1, -0.05) is 12.1 Å². The van der Waals surface area contributed by atoms with E-state index in [-0.39, 0.29) is 18.1 Å². The van der Waals surface area contributed by atoms with Crippen LogP contribution in [0.3, 0.4) is 0 Å². The van der Waals surface area contributed by atoms with Gasteiger partial charge in [0.05, 0.1) is 13.2 Å². The molecule has 0 saturated heterocycles. The first kappa shape index (κ1) is 14.8. The topological polar surface area (TPSA) is 70.6 Å². The lowest BCUT2D eigenvalue weighted by molar-refractivity contribution is 0.134. The number of ether oxygens (including phenoxy) is 1. The highest BCUT2D eigenvalue weighted by molar-refractivity contribution is 5.89. The Morgan fingerprint density at radius 2 is 2.05 bits per heavy atom. The number of nitrogens with one attached hydrogen (secondary N) is 2. The number of anilines is 1. The van der Waals surface area contributed by atoms with Crippen LogP contribution in [0.1, 0.15) is 25.3 Å². The molecule has 0 heterocycles. The first-order valence-corrected chi connectivity index (χ1v) is 7.00. The minimum atomic E-state index is -0.234. The molecule has 2 rings (SSSR count). The molecule has 0 aromatic heterocycles. The van der Waals surface area contributed by atoms with Crippen LogP contribution in [-0.2, 0) is 11.3 Å². The molecule has 1 aromatic rings. The van der Waals surface area contributed by atoms with Crippen LogP contribution in [0.25, 0.3) is 0 Å². The lowest BCUT2D eigenvalue weighted by Crippen LogP contribution is -2.35. The van der Waals surface area contributed by atoms with Gasteiger partial charge >= 0.3 is 6.03 Å². The fourth-order valence-corrected chi connectivity index (χ4v) is 1.91. The second-order valence-electron chi connectivity index (χ2n) is 5.30. The Morgan fingerprint density at radius 1 is 1.35 bits per heavy atom. The van der Waals surface area contributed by atoms with Crippen molar-refractivity contribution in [3.05, 3.63) is 29.8 Å². The molecule has 0 bridgehead atoms. The minimum absolute atomic E-state index is 0.0707. The predicted molar refractivity (Wildman–Crippen MR) is 77.5 cm³/mol. The van der Waals surface area contributed by atoms with E-state index in [9.17, 15) is 9.90 Å². The van der Waals surface area contributed by atoms with Crippen molar-refractivity contribution < 1.29 is 14.6 Å². The van der Waals surface area contributed by atoms with Gasteiger partial charge in [-0.3, -0.25) is 0 Å². The molecule has 1 saturated carbocycles. The van der Waals surface area contributed by atoms with Gasteiger partial charge in [-0.05, 0) is 37.5 Å². The summed E-state index contributed by atoms with van der Waals surface area (Å²) in [6, 6.07) is 7.34. The highest BCUT2D eigenvalue weighted by atomic mass is 16.5. The number of carbonyl (C=O) groups is 1. The van der Waals surface area contributed by atoms with E-state index in [0.29, 0.717) is 19.8 Å². The van der Waals surface area contributed by atoms with Gasteiger partial charge in [-0.25, -0.2) is 4.79 Å². The summed E-state index contributed by atoms with van der Waals surface area (Å²) in [5, 5.41) is 14.8. The van der Waals surface area contributed by atoms with Crippen LogP contribution < -0.4 is 10.6 Å². The standard InChI is InChI=1S/C15H22N2O3/c1-2-20-9-12-3-5-13(6-4-12)17-14(19)16-10-15(11-18)7-8-15/h3-6,18H,2,7-11H2,1H3,(H2,16,17,19). The third-order valence-corrected chi connectivity index (χ3v) is 3.60. The Balaban J connectivity index is 1.76. The molecular weight excluding hydrogens is 256 g/mol. The number of aliphatic hydroxyl groups excluding tert-OH is 1. The van der Waals surface area contributed by atoms with Crippen LogP contribution in [0.2, 0.25) is 0 Å². The third kappa shape index (κ3) is 4.21. The maximum absolute atomic E-state index is 11.7. The molecule has 0 atom stereocenters. The van der Waals surface area contributed by atoms with E-state index < -0.39 is 0 Å². The molecule has 0 spiro atoms. The molecule has 20 heavy (non-hydrogen) atoms. The zero-order valence-corrected chi connectivity index (χ0v) is 11.8. The summed E-state index contributed by atoms with van der Waals surface area (Å²) in [5.41, 5.74) is 1.75. The number of hydrogen-bond donors (Lipinski definition) is 3. The van der Waals surface area contributed by atoms with E-state index in [0.717, 1.165) is 24.1 Å². The van der Waals surface area contributed by atoms with Crippen LogP contribution >= 0.6 is 0 Å². The predicted octanol–water partition coefficient (Wildman–Crippen LogP) is 2.12. The Morgan fingerprint density at radius 3 is 2.60 bits per heavy atom. The minimum Gasteiger partial charge on any atom is -0.396 e. The lowest BCUT2D eigenvalue weighted by Gasteiger charge is -2.13. The highest BCUT2D eigenvalue weighted by Crippen LogP contribution is 2.44. The van der Waals surface area contributed by atoms with E-state index in [1.54, 1.807) is 0 Å². The number of amides is 2. The summed E-state index contributed by atoms with van der Waals surface area (Å²) in [6.45, 7) is 3.90. The second-order valence-corrected chi connectivity index (χ2v) is 5.30. The fraction of sp³-hybridized carbons (Fsp3) is 0.533. The fourth-order valence-electron chi connectivity index (χ4n) is 1.91. The maximum Gasteiger partial charge on any atom is 0.319 e.